The molecular formula is C14H12BrNO. The Morgan fingerprint density at radius 3 is 2.65 bits per heavy atom. The summed E-state index contributed by atoms with van der Waals surface area (Å²) in [6.45, 7) is 0.577. The molecule has 0 amide bonds. The summed E-state index contributed by atoms with van der Waals surface area (Å²) < 4.78 is 6.39. The third-order valence-corrected chi connectivity index (χ3v) is 2.65. The first-order valence-electron chi connectivity index (χ1n) is 5.28. The number of nitrogens with zero attached hydrogens (tertiary/aromatic N) is 1. The summed E-state index contributed by atoms with van der Waals surface area (Å²) in [7, 11) is 0. The Morgan fingerprint density at radius 1 is 1.12 bits per heavy atom. The Balaban J connectivity index is 1.84. The Morgan fingerprint density at radius 2 is 1.94 bits per heavy atom. The van der Waals surface area contributed by atoms with Gasteiger partial charge < -0.3 is 4.74 Å². The number of aromatic nitrogens is 1. The highest BCUT2D eigenvalue weighted by Crippen LogP contribution is 2.08. The third-order valence-electron chi connectivity index (χ3n) is 2.18. The van der Waals surface area contributed by atoms with Crippen LogP contribution in [-0.4, -0.2) is 4.98 Å². The van der Waals surface area contributed by atoms with Gasteiger partial charge in [-0.15, -0.1) is 0 Å². The van der Waals surface area contributed by atoms with Gasteiger partial charge in [-0.1, -0.05) is 30.3 Å². The maximum Gasteiger partial charge on any atom is 0.112 e. The zero-order valence-corrected chi connectivity index (χ0v) is 10.8. The number of halogens is 1. The quantitative estimate of drug-likeness (QED) is 0.793. The summed E-state index contributed by atoms with van der Waals surface area (Å²) >= 11 is 3.34. The van der Waals surface area contributed by atoms with Crippen molar-refractivity contribution >= 4 is 22.0 Å². The Hall–Kier alpha value is -1.61. The molecule has 0 saturated carbocycles. The fourth-order valence-corrected chi connectivity index (χ4v) is 1.56. The number of benzene rings is 1. The average molecular weight is 290 g/mol. The lowest BCUT2D eigenvalue weighted by Crippen LogP contribution is -1.85. The van der Waals surface area contributed by atoms with E-state index in [2.05, 4.69) is 20.9 Å². The Bertz CT molecular complexity index is 479. The van der Waals surface area contributed by atoms with Crippen molar-refractivity contribution < 1.29 is 4.74 Å². The van der Waals surface area contributed by atoms with Crippen LogP contribution in [0.5, 0.6) is 0 Å². The van der Waals surface area contributed by atoms with Gasteiger partial charge in [0.2, 0.25) is 0 Å². The first-order chi connectivity index (χ1) is 8.34. The molecule has 0 aliphatic rings. The minimum atomic E-state index is 0.577. The number of pyridine rings is 1. The summed E-state index contributed by atoms with van der Waals surface area (Å²) in [4.78, 5) is 4.21. The molecule has 0 unspecified atom stereocenters. The molecule has 3 heteroatoms. The fraction of sp³-hybridized carbons (Fsp3) is 0.0714. The molecule has 1 heterocycles. The molecule has 0 aliphatic carbocycles. The molecule has 2 aromatic rings. The van der Waals surface area contributed by atoms with E-state index >= 15 is 0 Å². The Kier molecular flexibility index (Phi) is 4.33. The lowest BCUT2D eigenvalue weighted by molar-refractivity contribution is 0.239. The summed E-state index contributed by atoms with van der Waals surface area (Å²) in [6, 6.07) is 13.9. The van der Waals surface area contributed by atoms with Gasteiger partial charge in [0.25, 0.3) is 0 Å². The second kappa shape index (κ2) is 6.21. The van der Waals surface area contributed by atoms with Crippen molar-refractivity contribution in [3.05, 3.63) is 70.7 Å². The molecule has 1 aromatic heterocycles. The molecule has 0 fully saturated rings. The van der Waals surface area contributed by atoms with Gasteiger partial charge in [-0.3, -0.25) is 4.98 Å². The van der Waals surface area contributed by atoms with Gasteiger partial charge in [0.15, 0.2) is 0 Å². The Labute approximate surface area is 109 Å². The second-order valence-electron chi connectivity index (χ2n) is 3.50. The maximum atomic E-state index is 5.42. The van der Waals surface area contributed by atoms with Crippen molar-refractivity contribution in [1.29, 1.82) is 0 Å². The summed E-state index contributed by atoms with van der Waals surface area (Å²) in [6.07, 6.45) is 5.27. The molecule has 0 aliphatic heterocycles. The topological polar surface area (TPSA) is 22.1 Å². The molecule has 0 N–H and O–H groups in total. The largest absolute Gasteiger partial charge is 0.496 e. The minimum absolute atomic E-state index is 0.577. The highest BCUT2D eigenvalue weighted by Gasteiger charge is 1.90. The van der Waals surface area contributed by atoms with Gasteiger partial charge in [0.1, 0.15) is 6.61 Å². The highest BCUT2D eigenvalue weighted by molar-refractivity contribution is 9.10. The van der Waals surface area contributed by atoms with Gasteiger partial charge in [0, 0.05) is 10.7 Å². The van der Waals surface area contributed by atoms with Crippen LogP contribution in [0.2, 0.25) is 0 Å². The van der Waals surface area contributed by atoms with Crippen LogP contribution in [0.3, 0.4) is 0 Å². The van der Waals surface area contributed by atoms with E-state index in [0.717, 1.165) is 15.7 Å². The van der Waals surface area contributed by atoms with E-state index in [1.165, 1.54) is 0 Å². The smallest absolute Gasteiger partial charge is 0.112 e. The summed E-state index contributed by atoms with van der Waals surface area (Å²) in [5, 5.41) is 0. The van der Waals surface area contributed by atoms with E-state index in [1.807, 2.05) is 48.5 Å². The molecule has 0 atom stereocenters. The van der Waals surface area contributed by atoms with Crippen LogP contribution in [0.25, 0.3) is 6.08 Å². The van der Waals surface area contributed by atoms with E-state index in [-0.39, 0.29) is 0 Å². The van der Waals surface area contributed by atoms with E-state index in [1.54, 1.807) is 12.5 Å². The first-order valence-corrected chi connectivity index (χ1v) is 6.07. The molecule has 2 nitrogen and oxygen atoms in total. The predicted molar refractivity (Wildman–Crippen MR) is 72.2 cm³/mol. The first kappa shape index (κ1) is 11.9. The lowest BCUT2D eigenvalue weighted by atomic mass is 10.2. The molecule has 86 valence electrons. The van der Waals surface area contributed by atoms with Crippen LogP contribution < -0.4 is 0 Å². The van der Waals surface area contributed by atoms with Crippen molar-refractivity contribution in [3.63, 3.8) is 0 Å². The van der Waals surface area contributed by atoms with E-state index in [4.69, 9.17) is 4.74 Å². The van der Waals surface area contributed by atoms with E-state index < -0.39 is 0 Å². The van der Waals surface area contributed by atoms with Crippen molar-refractivity contribution in [2.24, 2.45) is 0 Å². The zero-order chi connectivity index (χ0) is 11.9. The minimum Gasteiger partial charge on any atom is -0.496 e. The normalized spacial score (nSPS) is 10.6. The predicted octanol–water partition coefficient (Wildman–Crippen LogP) is 4.03. The number of rotatable bonds is 4. The van der Waals surface area contributed by atoms with Gasteiger partial charge in [-0.25, -0.2) is 0 Å². The van der Waals surface area contributed by atoms with Crippen LogP contribution in [0.4, 0.5) is 0 Å². The number of hydrogen-bond acceptors (Lipinski definition) is 2. The van der Waals surface area contributed by atoms with Crippen molar-refractivity contribution in [2.75, 3.05) is 0 Å². The third kappa shape index (κ3) is 4.04. The fourth-order valence-electron chi connectivity index (χ4n) is 1.32. The van der Waals surface area contributed by atoms with Crippen LogP contribution in [0, 0.1) is 0 Å². The second-order valence-corrected chi connectivity index (χ2v) is 4.42. The number of hydrogen-bond donors (Lipinski definition) is 0. The summed E-state index contributed by atoms with van der Waals surface area (Å²) in [5.41, 5.74) is 2.03. The molecule has 0 spiro atoms. The van der Waals surface area contributed by atoms with Gasteiger partial charge >= 0.3 is 0 Å². The van der Waals surface area contributed by atoms with Crippen LogP contribution in [0.1, 0.15) is 11.3 Å². The van der Waals surface area contributed by atoms with Crippen molar-refractivity contribution in [3.8, 4) is 0 Å². The van der Waals surface area contributed by atoms with E-state index in [0.29, 0.717) is 6.61 Å². The van der Waals surface area contributed by atoms with Crippen LogP contribution >= 0.6 is 15.9 Å². The molecule has 2 rings (SSSR count). The van der Waals surface area contributed by atoms with Gasteiger partial charge in [0.05, 0.1) is 12.0 Å². The molecule has 0 saturated heterocycles. The van der Waals surface area contributed by atoms with E-state index in [9.17, 15) is 0 Å². The standard InChI is InChI=1S/C14H12BrNO/c15-13-6-7-14(16-10-13)8-9-17-11-12-4-2-1-3-5-12/h1-10H,11H2/b9-8+. The zero-order valence-electron chi connectivity index (χ0n) is 9.21. The highest BCUT2D eigenvalue weighted by atomic mass is 79.9. The maximum absolute atomic E-state index is 5.42. The molecule has 1 aromatic carbocycles. The monoisotopic (exact) mass is 289 g/mol. The van der Waals surface area contributed by atoms with Crippen LogP contribution in [0.15, 0.2) is 59.4 Å². The van der Waals surface area contributed by atoms with Crippen molar-refractivity contribution in [2.45, 2.75) is 6.61 Å². The van der Waals surface area contributed by atoms with Crippen molar-refractivity contribution in [1.82, 2.24) is 4.98 Å². The van der Waals surface area contributed by atoms with Gasteiger partial charge in [-0.05, 0) is 39.7 Å². The summed E-state index contributed by atoms with van der Waals surface area (Å²) in [5.74, 6) is 0. The number of ether oxygens (including phenoxy) is 1. The molecule has 0 radical (unpaired) electrons. The molecule has 0 bridgehead atoms. The van der Waals surface area contributed by atoms with Crippen LogP contribution in [-0.2, 0) is 11.3 Å². The van der Waals surface area contributed by atoms with Gasteiger partial charge in [-0.2, -0.15) is 0 Å². The SMILES string of the molecule is Brc1ccc(/C=C/OCc2ccccc2)nc1. The molecule has 17 heavy (non-hydrogen) atoms. The average Bonchev–Trinajstić information content (AvgIpc) is 2.38. The lowest BCUT2D eigenvalue weighted by Gasteiger charge is -2.00. The molecular weight excluding hydrogens is 278 g/mol.